The fourth-order valence-corrected chi connectivity index (χ4v) is 4.06. The van der Waals surface area contributed by atoms with E-state index in [-0.39, 0.29) is 5.69 Å². The van der Waals surface area contributed by atoms with Crippen LogP contribution in [-0.2, 0) is 10.9 Å². The number of hydrogen-bond donors (Lipinski definition) is 0. The van der Waals surface area contributed by atoms with Gasteiger partial charge in [-0.1, -0.05) is 5.21 Å². The molecule has 31 heavy (non-hydrogen) atoms. The van der Waals surface area contributed by atoms with Crippen molar-refractivity contribution in [3.05, 3.63) is 41.5 Å². The summed E-state index contributed by atoms with van der Waals surface area (Å²) in [6, 6.07) is 4.37. The van der Waals surface area contributed by atoms with Crippen molar-refractivity contribution in [3.8, 4) is 5.69 Å². The second-order valence-corrected chi connectivity index (χ2v) is 7.82. The van der Waals surface area contributed by atoms with E-state index in [1.807, 2.05) is 0 Å². The summed E-state index contributed by atoms with van der Waals surface area (Å²) in [6.45, 7) is 4.81. The van der Waals surface area contributed by atoms with Crippen molar-refractivity contribution in [3.63, 3.8) is 0 Å². The van der Waals surface area contributed by atoms with Gasteiger partial charge < -0.3 is 9.64 Å². The van der Waals surface area contributed by atoms with Gasteiger partial charge in [-0.3, -0.25) is 9.69 Å². The number of rotatable bonds is 4. The van der Waals surface area contributed by atoms with Crippen LogP contribution < -0.4 is 0 Å². The Labute approximate surface area is 176 Å². The molecule has 0 unspecified atom stereocenters. The van der Waals surface area contributed by atoms with Crippen molar-refractivity contribution >= 4 is 5.91 Å². The normalized spacial score (nSPS) is 19.0. The van der Waals surface area contributed by atoms with Crippen LogP contribution in [0.25, 0.3) is 5.69 Å². The molecule has 1 amide bonds. The van der Waals surface area contributed by atoms with Gasteiger partial charge in [-0.25, -0.2) is 9.07 Å². The van der Waals surface area contributed by atoms with Crippen LogP contribution in [-0.4, -0.2) is 76.6 Å². The van der Waals surface area contributed by atoms with Crippen LogP contribution in [0.1, 0.15) is 29.0 Å². The number of ether oxygens (including phenoxy) is 1. The molecule has 0 radical (unpaired) electrons. The van der Waals surface area contributed by atoms with E-state index in [1.54, 1.807) is 0 Å². The van der Waals surface area contributed by atoms with Gasteiger partial charge in [-0.15, -0.1) is 5.10 Å². The van der Waals surface area contributed by atoms with Crippen LogP contribution in [0.5, 0.6) is 0 Å². The van der Waals surface area contributed by atoms with Crippen molar-refractivity contribution in [1.82, 2.24) is 24.8 Å². The van der Waals surface area contributed by atoms with Crippen molar-refractivity contribution in [2.75, 3.05) is 45.9 Å². The highest BCUT2D eigenvalue weighted by atomic mass is 19.4. The van der Waals surface area contributed by atoms with Gasteiger partial charge in [0, 0.05) is 32.7 Å². The average Bonchev–Trinajstić information content (AvgIpc) is 3.21. The third kappa shape index (κ3) is 4.87. The number of piperidine rings is 1. The topological polar surface area (TPSA) is 63.5 Å². The standard InChI is InChI=1S/C20H23F4N5O2/c21-15-1-3-16(4-2-15)29-18(20(22,23)24)17(25-26-29)19(30)28-7-5-14(6-8-28)13-27-9-11-31-12-10-27/h1-4,14H,5-13H2. The quantitative estimate of drug-likeness (QED) is 0.683. The monoisotopic (exact) mass is 441 g/mol. The maximum absolute atomic E-state index is 13.8. The second-order valence-electron chi connectivity index (χ2n) is 7.82. The smallest absolute Gasteiger partial charge is 0.379 e. The van der Waals surface area contributed by atoms with E-state index in [0.29, 0.717) is 36.9 Å². The molecule has 7 nitrogen and oxygen atoms in total. The number of hydrogen-bond acceptors (Lipinski definition) is 5. The Morgan fingerprint density at radius 3 is 2.32 bits per heavy atom. The van der Waals surface area contributed by atoms with Gasteiger partial charge in [0.2, 0.25) is 0 Å². The number of aromatic nitrogens is 3. The van der Waals surface area contributed by atoms with Gasteiger partial charge in [-0.05, 0) is 43.0 Å². The van der Waals surface area contributed by atoms with E-state index >= 15 is 0 Å². The highest BCUT2D eigenvalue weighted by molar-refractivity contribution is 5.93. The van der Waals surface area contributed by atoms with E-state index < -0.39 is 29.3 Å². The van der Waals surface area contributed by atoms with Gasteiger partial charge in [0.05, 0.1) is 18.9 Å². The highest BCUT2D eigenvalue weighted by Crippen LogP contribution is 2.33. The molecular formula is C20H23F4N5O2. The number of halogens is 4. The minimum Gasteiger partial charge on any atom is -0.379 e. The third-order valence-corrected chi connectivity index (χ3v) is 5.73. The first-order valence-electron chi connectivity index (χ1n) is 10.2. The lowest BCUT2D eigenvalue weighted by Crippen LogP contribution is -2.44. The number of benzene rings is 1. The van der Waals surface area contributed by atoms with Gasteiger partial charge in [-0.2, -0.15) is 13.2 Å². The Morgan fingerprint density at radius 2 is 1.71 bits per heavy atom. The first-order chi connectivity index (χ1) is 14.8. The predicted molar refractivity (Wildman–Crippen MR) is 102 cm³/mol. The summed E-state index contributed by atoms with van der Waals surface area (Å²) in [5, 5.41) is 7.10. The van der Waals surface area contributed by atoms with Crippen molar-refractivity contribution in [1.29, 1.82) is 0 Å². The fourth-order valence-electron chi connectivity index (χ4n) is 4.06. The lowest BCUT2D eigenvalue weighted by molar-refractivity contribution is -0.143. The number of amides is 1. The molecule has 168 valence electrons. The van der Waals surface area contributed by atoms with Crippen LogP contribution >= 0.6 is 0 Å². The van der Waals surface area contributed by atoms with Gasteiger partial charge in [0.1, 0.15) is 5.82 Å². The molecule has 11 heteroatoms. The SMILES string of the molecule is O=C(c1nnn(-c2ccc(F)cc2)c1C(F)(F)F)N1CCC(CN2CCOCC2)CC1. The zero-order valence-corrected chi connectivity index (χ0v) is 16.8. The van der Waals surface area contributed by atoms with Crippen LogP contribution in [0.3, 0.4) is 0 Å². The summed E-state index contributed by atoms with van der Waals surface area (Å²) in [7, 11) is 0. The number of nitrogens with zero attached hydrogens (tertiary/aromatic N) is 5. The zero-order chi connectivity index (χ0) is 22.0. The Balaban J connectivity index is 1.48. The summed E-state index contributed by atoms with van der Waals surface area (Å²) in [4.78, 5) is 16.6. The molecule has 4 rings (SSSR count). The number of morpholine rings is 1. The third-order valence-electron chi connectivity index (χ3n) is 5.73. The van der Waals surface area contributed by atoms with E-state index in [0.717, 1.165) is 56.7 Å². The van der Waals surface area contributed by atoms with Crippen molar-refractivity contribution < 1.29 is 27.1 Å². The van der Waals surface area contributed by atoms with Crippen LogP contribution in [0.2, 0.25) is 0 Å². The molecule has 2 saturated heterocycles. The Morgan fingerprint density at radius 1 is 1.06 bits per heavy atom. The van der Waals surface area contributed by atoms with Crippen molar-refractivity contribution in [2.45, 2.75) is 19.0 Å². The second kappa shape index (κ2) is 8.91. The molecule has 0 N–H and O–H groups in total. The van der Waals surface area contributed by atoms with Crippen LogP contribution in [0.15, 0.2) is 24.3 Å². The Bertz CT molecular complexity index is 901. The fraction of sp³-hybridized carbons (Fsp3) is 0.550. The van der Waals surface area contributed by atoms with Gasteiger partial charge in [0.25, 0.3) is 5.91 Å². The highest BCUT2D eigenvalue weighted by Gasteiger charge is 2.43. The zero-order valence-electron chi connectivity index (χ0n) is 16.8. The Hall–Kier alpha value is -2.53. The largest absolute Gasteiger partial charge is 0.435 e. The molecule has 2 aliphatic heterocycles. The van der Waals surface area contributed by atoms with Crippen LogP contribution in [0.4, 0.5) is 17.6 Å². The molecule has 0 bridgehead atoms. The number of alkyl halides is 3. The molecule has 2 aromatic rings. The minimum atomic E-state index is -4.85. The molecule has 0 spiro atoms. The number of likely N-dealkylation sites (tertiary alicyclic amines) is 1. The molecular weight excluding hydrogens is 418 g/mol. The summed E-state index contributed by atoms with van der Waals surface area (Å²) >= 11 is 0. The van der Waals surface area contributed by atoms with Gasteiger partial charge >= 0.3 is 6.18 Å². The molecule has 2 fully saturated rings. The molecule has 1 aromatic heterocycles. The molecule has 0 aliphatic carbocycles. The van der Waals surface area contributed by atoms with Crippen molar-refractivity contribution in [2.24, 2.45) is 5.92 Å². The van der Waals surface area contributed by atoms with Gasteiger partial charge in [0.15, 0.2) is 11.4 Å². The number of carbonyl (C=O) groups excluding carboxylic acids is 1. The maximum Gasteiger partial charge on any atom is 0.435 e. The summed E-state index contributed by atoms with van der Waals surface area (Å²) < 4.78 is 60.4. The molecule has 0 saturated carbocycles. The molecule has 3 heterocycles. The van der Waals surface area contributed by atoms with E-state index in [9.17, 15) is 22.4 Å². The Kier molecular flexibility index (Phi) is 6.24. The summed E-state index contributed by atoms with van der Waals surface area (Å²) in [6.07, 6.45) is -3.41. The molecule has 2 aliphatic rings. The summed E-state index contributed by atoms with van der Waals surface area (Å²) in [5.41, 5.74) is -2.01. The van der Waals surface area contributed by atoms with E-state index in [1.165, 1.54) is 4.90 Å². The molecule has 1 aromatic carbocycles. The first-order valence-corrected chi connectivity index (χ1v) is 10.2. The molecule has 0 atom stereocenters. The van der Waals surface area contributed by atoms with E-state index in [2.05, 4.69) is 15.2 Å². The van der Waals surface area contributed by atoms with E-state index in [4.69, 9.17) is 4.74 Å². The predicted octanol–water partition coefficient (Wildman–Crippen LogP) is 2.61. The summed E-state index contributed by atoms with van der Waals surface area (Å²) in [5.74, 6) is -0.988. The first kappa shape index (κ1) is 21.7. The maximum atomic E-state index is 13.8. The lowest BCUT2D eigenvalue weighted by atomic mass is 9.95. The van der Waals surface area contributed by atoms with Crippen LogP contribution in [0, 0.1) is 11.7 Å². The minimum absolute atomic E-state index is 0.0236. The lowest BCUT2D eigenvalue weighted by Gasteiger charge is -2.35. The average molecular weight is 441 g/mol. The number of carbonyl (C=O) groups is 1.